The minimum Gasteiger partial charge on any atom is -0.385 e. The fourth-order valence-electron chi connectivity index (χ4n) is 3.45. The van der Waals surface area contributed by atoms with E-state index >= 15 is 0 Å². The van der Waals surface area contributed by atoms with Gasteiger partial charge in [-0.3, -0.25) is 0 Å². The zero-order chi connectivity index (χ0) is 19.7. The third kappa shape index (κ3) is 9.63. The number of nitrogens with zero attached hydrogens (tertiary/aromatic N) is 1. The highest BCUT2D eigenvalue weighted by Crippen LogP contribution is 2.21. The Bertz CT molecular complexity index is 542. The van der Waals surface area contributed by atoms with Crippen LogP contribution in [0.2, 0.25) is 0 Å². The summed E-state index contributed by atoms with van der Waals surface area (Å²) in [5, 5.41) is 3.50. The lowest BCUT2D eigenvalue weighted by Gasteiger charge is -2.32. The van der Waals surface area contributed by atoms with E-state index in [0.29, 0.717) is 0 Å². The fraction of sp³-hybridized carbons (Fsp3) is 0.520. The van der Waals surface area contributed by atoms with Crippen molar-refractivity contribution in [1.29, 1.82) is 0 Å². The van der Waals surface area contributed by atoms with Crippen LogP contribution < -0.4 is 5.32 Å². The van der Waals surface area contributed by atoms with Crippen LogP contribution in [0.15, 0.2) is 60.7 Å². The van der Waals surface area contributed by atoms with Gasteiger partial charge in [-0.1, -0.05) is 76.2 Å². The number of para-hydroxylation sites is 1. The molecule has 1 heterocycles. The van der Waals surface area contributed by atoms with Gasteiger partial charge in [0.15, 0.2) is 0 Å². The summed E-state index contributed by atoms with van der Waals surface area (Å²) >= 11 is 0. The average molecular weight is 369 g/mol. The van der Waals surface area contributed by atoms with Crippen molar-refractivity contribution in [3.8, 4) is 0 Å². The van der Waals surface area contributed by atoms with Crippen LogP contribution in [0.4, 0.5) is 5.69 Å². The highest BCUT2D eigenvalue weighted by Gasteiger charge is 2.18. The van der Waals surface area contributed by atoms with Gasteiger partial charge in [0, 0.05) is 12.2 Å². The number of anilines is 1. The van der Waals surface area contributed by atoms with Gasteiger partial charge in [0.1, 0.15) is 0 Å². The fourth-order valence-corrected chi connectivity index (χ4v) is 3.45. The van der Waals surface area contributed by atoms with Crippen LogP contribution in [0.25, 0.3) is 0 Å². The smallest absolute Gasteiger partial charge is 0.0340 e. The maximum Gasteiger partial charge on any atom is 0.0340 e. The molecular weight excluding hydrogens is 328 g/mol. The van der Waals surface area contributed by atoms with Crippen LogP contribution in [-0.4, -0.2) is 31.1 Å². The number of hydrogen-bond donors (Lipinski definition) is 1. The molecular formula is C25H40N2. The highest BCUT2D eigenvalue weighted by molar-refractivity contribution is 5.42. The first-order valence-corrected chi connectivity index (χ1v) is 11.0. The summed E-state index contributed by atoms with van der Waals surface area (Å²) in [6, 6.07) is 21.4. The molecule has 0 atom stereocenters. The Morgan fingerprint density at radius 2 is 1.37 bits per heavy atom. The van der Waals surface area contributed by atoms with Crippen LogP contribution in [0.3, 0.4) is 0 Å². The second kappa shape index (κ2) is 15.3. The van der Waals surface area contributed by atoms with E-state index in [4.69, 9.17) is 0 Å². The highest BCUT2D eigenvalue weighted by atomic mass is 15.1. The molecule has 0 aromatic heterocycles. The Labute approximate surface area is 168 Å². The van der Waals surface area contributed by atoms with Crippen molar-refractivity contribution in [1.82, 2.24) is 4.90 Å². The van der Waals surface area contributed by atoms with E-state index < -0.39 is 0 Å². The molecule has 0 bridgehead atoms. The van der Waals surface area contributed by atoms with Gasteiger partial charge >= 0.3 is 0 Å². The molecule has 2 aromatic carbocycles. The summed E-state index contributed by atoms with van der Waals surface area (Å²) in [5.74, 6) is 0.871. The molecule has 2 nitrogen and oxygen atoms in total. The number of piperidine rings is 1. The predicted molar refractivity (Wildman–Crippen MR) is 122 cm³/mol. The summed E-state index contributed by atoms with van der Waals surface area (Å²) in [6.45, 7) is 12.8. The van der Waals surface area contributed by atoms with E-state index in [0.717, 1.165) is 12.5 Å². The van der Waals surface area contributed by atoms with E-state index in [9.17, 15) is 0 Å². The molecule has 1 fully saturated rings. The summed E-state index contributed by atoms with van der Waals surface area (Å²) in [7, 11) is 0. The third-order valence-electron chi connectivity index (χ3n) is 4.83. The SMILES string of the molecule is CC.CC.c1ccc(CC2CCN(CCCNc3ccccc3)CC2)cc1. The van der Waals surface area contributed by atoms with Crippen molar-refractivity contribution in [2.45, 2.75) is 53.4 Å². The first kappa shape index (κ1) is 23.2. The normalized spacial score (nSPS) is 14.4. The Kier molecular flexibility index (Phi) is 13.1. The lowest BCUT2D eigenvalue weighted by atomic mass is 9.90. The number of likely N-dealkylation sites (tertiary alicyclic amines) is 1. The number of benzene rings is 2. The molecule has 150 valence electrons. The maximum atomic E-state index is 3.50. The standard InChI is InChI=1S/C21H28N2.2C2H6/c1-3-8-19(9-4-1)18-20-12-16-23(17-13-20)15-7-14-22-21-10-5-2-6-11-21;2*1-2/h1-6,8-11,20,22H,7,12-18H2;2*1-2H3. The summed E-state index contributed by atoms with van der Waals surface area (Å²) < 4.78 is 0. The van der Waals surface area contributed by atoms with Gasteiger partial charge in [0.05, 0.1) is 0 Å². The Balaban J connectivity index is 0.000000855. The van der Waals surface area contributed by atoms with Crippen LogP contribution in [0.1, 0.15) is 52.5 Å². The van der Waals surface area contributed by atoms with Crippen molar-refractivity contribution in [2.75, 3.05) is 31.5 Å². The molecule has 0 amide bonds. The van der Waals surface area contributed by atoms with Gasteiger partial charge in [-0.2, -0.15) is 0 Å². The number of nitrogens with one attached hydrogen (secondary N) is 1. The number of rotatable bonds is 7. The van der Waals surface area contributed by atoms with Gasteiger partial charge in [0.25, 0.3) is 0 Å². The molecule has 0 unspecified atom stereocenters. The maximum absolute atomic E-state index is 3.50. The first-order chi connectivity index (χ1) is 13.4. The second-order valence-corrected chi connectivity index (χ2v) is 6.62. The minimum atomic E-state index is 0.871. The molecule has 1 N–H and O–H groups in total. The van der Waals surface area contributed by atoms with Gasteiger partial charge in [-0.25, -0.2) is 0 Å². The molecule has 0 spiro atoms. The molecule has 2 heteroatoms. The first-order valence-electron chi connectivity index (χ1n) is 11.0. The van der Waals surface area contributed by atoms with E-state index in [-0.39, 0.29) is 0 Å². The quantitative estimate of drug-likeness (QED) is 0.561. The van der Waals surface area contributed by atoms with E-state index in [1.165, 1.54) is 56.6 Å². The number of hydrogen-bond acceptors (Lipinski definition) is 2. The lowest BCUT2D eigenvalue weighted by molar-refractivity contribution is 0.183. The minimum absolute atomic E-state index is 0.871. The van der Waals surface area contributed by atoms with Crippen molar-refractivity contribution in [2.24, 2.45) is 5.92 Å². The van der Waals surface area contributed by atoms with Crippen molar-refractivity contribution in [3.05, 3.63) is 66.2 Å². The van der Waals surface area contributed by atoms with Crippen LogP contribution in [0, 0.1) is 5.92 Å². The molecule has 2 aromatic rings. The summed E-state index contributed by atoms with van der Waals surface area (Å²) in [6.07, 6.45) is 5.17. The van der Waals surface area contributed by atoms with E-state index in [2.05, 4.69) is 70.9 Å². The van der Waals surface area contributed by atoms with Gasteiger partial charge in [-0.05, 0) is 68.9 Å². The van der Waals surface area contributed by atoms with Crippen molar-refractivity contribution in [3.63, 3.8) is 0 Å². The molecule has 1 saturated heterocycles. The predicted octanol–water partition coefficient (Wildman–Crippen LogP) is 6.50. The van der Waals surface area contributed by atoms with Gasteiger partial charge in [0.2, 0.25) is 0 Å². The van der Waals surface area contributed by atoms with Crippen LogP contribution >= 0.6 is 0 Å². The monoisotopic (exact) mass is 368 g/mol. The molecule has 0 aliphatic carbocycles. The second-order valence-electron chi connectivity index (χ2n) is 6.62. The topological polar surface area (TPSA) is 15.3 Å². The lowest BCUT2D eigenvalue weighted by Crippen LogP contribution is -2.35. The zero-order valence-corrected chi connectivity index (χ0v) is 18.0. The summed E-state index contributed by atoms with van der Waals surface area (Å²) in [5.41, 5.74) is 2.73. The van der Waals surface area contributed by atoms with Gasteiger partial charge < -0.3 is 10.2 Å². The Morgan fingerprint density at radius 1 is 0.815 bits per heavy atom. The zero-order valence-electron chi connectivity index (χ0n) is 18.0. The van der Waals surface area contributed by atoms with Crippen molar-refractivity contribution < 1.29 is 0 Å². The van der Waals surface area contributed by atoms with Gasteiger partial charge in [-0.15, -0.1) is 0 Å². The average Bonchev–Trinajstić information content (AvgIpc) is 2.77. The largest absolute Gasteiger partial charge is 0.385 e. The van der Waals surface area contributed by atoms with Crippen molar-refractivity contribution >= 4 is 5.69 Å². The molecule has 27 heavy (non-hydrogen) atoms. The summed E-state index contributed by atoms with van der Waals surface area (Å²) in [4.78, 5) is 2.63. The van der Waals surface area contributed by atoms with Crippen LogP contribution in [0.5, 0.6) is 0 Å². The molecule has 0 radical (unpaired) electrons. The van der Waals surface area contributed by atoms with Crippen LogP contribution in [-0.2, 0) is 6.42 Å². The molecule has 3 rings (SSSR count). The molecule has 1 aliphatic rings. The molecule has 0 saturated carbocycles. The molecule has 1 aliphatic heterocycles. The Hall–Kier alpha value is -1.80. The van der Waals surface area contributed by atoms with E-state index in [1.807, 2.05) is 27.7 Å². The Morgan fingerprint density at radius 3 is 1.96 bits per heavy atom. The third-order valence-corrected chi connectivity index (χ3v) is 4.83. The van der Waals surface area contributed by atoms with E-state index in [1.54, 1.807) is 0 Å².